The van der Waals surface area contributed by atoms with Gasteiger partial charge in [-0.05, 0) is 37.5 Å². The van der Waals surface area contributed by atoms with E-state index in [2.05, 4.69) is 27.7 Å². The second-order valence-electron chi connectivity index (χ2n) is 11.2. The monoisotopic (exact) mass is 510 g/mol. The topological polar surface area (TPSA) is 52.6 Å². The van der Waals surface area contributed by atoms with Crippen molar-refractivity contribution in [1.82, 2.24) is 0 Å². The molecule has 0 aromatic rings. The smallest absolute Gasteiger partial charge is 0.305 e. The van der Waals surface area contributed by atoms with Crippen LogP contribution in [0.2, 0.25) is 0 Å². The zero-order valence-corrected chi connectivity index (χ0v) is 24.8. The Balaban J connectivity index is 3.62. The Bertz CT molecular complexity index is 489. The molecule has 1 unspecified atom stereocenters. The Kier molecular flexibility index (Phi) is 26.2. The molecule has 0 aliphatic carbocycles. The van der Waals surface area contributed by atoms with E-state index >= 15 is 0 Å². The molecule has 0 aliphatic heterocycles. The first-order valence-corrected chi connectivity index (χ1v) is 15.8. The van der Waals surface area contributed by atoms with E-state index in [4.69, 9.17) is 9.47 Å². The first-order chi connectivity index (χ1) is 17.5. The van der Waals surface area contributed by atoms with Crippen molar-refractivity contribution in [2.75, 3.05) is 13.2 Å². The summed E-state index contributed by atoms with van der Waals surface area (Å²) in [6.07, 6.45) is 24.9. The molecular weight excluding hydrogens is 448 g/mol. The average Bonchev–Trinajstić information content (AvgIpc) is 2.86. The fraction of sp³-hybridized carbons (Fsp3) is 0.938. The maximum atomic E-state index is 12.1. The fourth-order valence-electron chi connectivity index (χ4n) is 4.78. The molecule has 0 spiro atoms. The van der Waals surface area contributed by atoms with E-state index in [-0.39, 0.29) is 11.9 Å². The van der Waals surface area contributed by atoms with Crippen molar-refractivity contribution in [3.63, 3.8) is 0 Å². The standard InChI is InChI=1S/C32H62O4/c1-5-7-9-11-17-21-27-35-31(33)24-20-16-14-13-15-19-23-30(29(3)4)25-26-32(34)36-28-22-18-12-10-8-6-2/h29-30H,5-28H2,1-4H3. The van der Waals surface area contributed by atoms with Crippen LogP contribution in [-0.4, -0.2) is 25.2 Å². The van der Waals surface area contributed by atoms with Gasteiger partial charge in [0, 0.05) is 12.8 Å². The van der Waals surface area contributed by atoms with Gasteiger partial charge in [0.15, 0.2) is 0 Å². The predicted molar refractivity (Wildman–Crippen MR) is 153 cm³/mol. The first-order valence-electron chi connectivity index (χ1n) is 15.8. The van der Waals surface area contributed by atoms with Crippen molar-refractivity contribution in [1.29, 1.82) is 0 Å². The van der Waals surface area contributed by atoms with E-state index in [1.165, 1.54) is 96.3 Å². The van der Waals surface area contributed by atoms with Crippen molar-refractivity contribution >= 4 is 11.9 Å². The summed E-state index contributed by atoms with van der Waals surface area (Å²) in [5, 5.41) is 0. The van der Waals surface area contributed by atoms with Gasteiger partial charge in [-0.1, -0.05) is 130 Å². The van der Waals surface area contributed by atoms with Crippen LogP contribution in [0.25, 0.3) is 0 Å². The number of hydrogen-bond acceptors (Lipinski definition) is 4. The molecule has 0 fully saturated rings. The minimum Gasteiger partial charge on any atom is -0.466 e. The Morgan fingerprint density at radius 2 is 0.917 bits per heavy atom. The zero-order valence-electron chi connectivity index (χ0n) is 24.8. The van der Waals surface area contributed by atoms with Gasteiger partial charge in [-0.3, -0.25) is 9.59 Å². The number of hydrogen-bond donors (Lipinski definition) is 0. The van der Waals surface area contributed by atoms with Gasteiger partial charge in [-0.15, -0.1) is 0 Å². The third-order valence-electron chi connectivity index (χ3n) is 7.39. The fourth-order valence-corrected chi connectivity index (χ4v) is 4.78. The summed E-state index contributed by atoms with van der Waals surface area (Å²) in [5.74, 6) is 1.18. The first kappa shape index (κ1) is 34.9. The molecule has 0 heterocycles. The van der Waals surface area contributed by atoms with E-state index in [1.54, 1.807) is 0 Å². The number of esters is 2. The van der Waals surface area contributed by atoms with Crippen LogP contribution in [-0.2, 0) is 19.1 Å². The summed E-state index contributed by atoms with van der Waals surface area (Å²) in [4.78, 5) is 23.9. The summed E-state index contributed by atoms with van der Waals surface area (Å²) >= 11 is 0. The summed E-state index contributed by atoms with van der Waals surface area (Å²) < 4.78 is 10.8. The molecule has 0 saturated heterocycles. The summed E-state index contributed by atoms with van der Waals surface area (Å²) in [6, 6.07) is 0. The zero-order chi connectivity index (χ0) is 26.7. The van der Waals surface area contributed by atoms with Crippen molar-refractivity contribution in [3.8, 4) is 0 Å². The van der Waals surface area contributed by atoms with Gasteiger partial charge in [-0.2, -0.15) is 0 Å². The molecular formula is C32H62O4. The number of rotatable bonds is 27. The number of carbonyl (C=O) groups is 2. The van der Waals surface area contributed by atoms with E-state index in [1.807, 2.05) is 0 Å². The van der Waals surface area contributed by atoms with Crippen LogP contribution in [0.4, 0.5) is 0 Å². The molecule has 0 aromatic heterocycles. The lowest BCUT2D eigenvalue weighted by Gasteiger charge is -2.20. The largest absolute Gasteiger partial charge is 0.466 e. The summed E-state index contributed by atoms with van der Waals surface area (Å²) in [5.41, 5.74) is 0. The molecule has 0 saturated carbocycles. The minimum absolute atomic E-state index is 0.0142. The van der Waals surface area contributed by atoms with E-state index in [9.17, 15) is 9.59 Å². The lowest BCUT2D eigenvalue weighted by atomic mass is 9.86. The van der Waals surface area contributed by atoms with Crippen molar-refractivity contribution in [2.24, 2.45) is 11.8 Å². The second-order valence-corrected chi connectivity index (χ2v) is 11.2. The third-order valence-corrected chi connectivity index (χ3v) is 7.39. The third kappa shape index (κ3) is 24.6. The van der Waals surface area contributed by atoms with Gasteiger partial charge in [0.25, 0.3) is 0 Å². The lowest BCUT2D eigenvalue weighted by Crippen LogP contribution is -2.13. The van der Waals surface area contributed by atoms with Gasteiger partial charge < -0.3 is 9.47 Å². The van der Waals surface area contributed by atoms with E-state index < -0.39 is 0 Å². The molecule has 0 rings (SSSR count). The van der Waals surface area contributed by atoms with Crippen LogP contribution >= 0.6 is 0 Å². The van der Waals surface area contributed by atoms with Crippen LogP contribution in [0.5, 0.6) is 0 Å². The van der Waals surface area contributed by atoms with Crippen molar-refractivity contribution in [3.05, 3.63) is 0 Å². The van der Waals surface area contributed by atoms with Gasteiger partial charge in [0.1, 0.15) is 0 Å². The summed E-state index contributed by atoms with van der Waals surface area (Å²) in [6.45, 7) is 10.2. The minimum atomic E-state index is -0.0196. The molecule has 0 amide bonds. The molecule has 0 radical (unpaired) electrons. The highest BCUT2D eigenvalue weighted by molar-refractivity contribution is 5.69. The highest BCUT2D eigenvalue weighted by atomic mass is 16.5. The molecule has 1 atom stereocenters. The second kappa shape index (κ2) is 27.0. The number of unbranched alkanes of at least 4 members (excludes halogenated alkanes) is 15. The molecule has 4 heteroatoms. The maximum absolute atomic E-state index is 12.1. The quantitative estimate of drug-likeness (QED) is 0.0814. The molecule has 4 nitrogen and oxygen atoms in total. The van der Waals surface area contributed by atoms with Gasteiger partial charge in [-0.25, -0.2) is 0 Å². The normalized spacial score (nSPS) is 12.1. The predicted octanol–water partition coefficient (Wildman–Crippen LogP) is 9.97. The van der Waals surface area contributed by atoms with E-state index in [0.29, 0.717) is 37.9 Å². The maximum Gasteiger partial charge on any atom is 0.305 e. The van der Waals surface area contributed by atoms with Crippen LogP contribution in [0.1, 0.15) is 169 Å². The molecule has 36 heavy (non-hydrogen) atoms. The van der Waals surface area contributed by atoms with Crippen molar-refractivity contribution < 1.29 is 19.1 Å². The Morgan fingerprint density at radius 3 is 1.42 bits per heavy atom. The summed E-state index contributed by atoms with van der Waals surface area (Å²) in [7, 11) is 0. The SMILES string of the molecule is CCCCCCCCOC(=O)CCCCCCCCC(CCC(=O)OCCCCCCCC)C(C)C. The van der Waals surface area contributed by atoms with E-state index in [0.717, 1.165) is 32.1 Å². The van der Waals surface area contributed by atoms with Gasteiger partial charge in [0.2, 0.25) is 0 Å². The Morgan fingerprint density at radius 1 is 0.500 bits per heavy atom. The number of ether oxygens (including phenoxy) is 2. The molecule has 0 aromatic carbocycles. The van der Waals surface area contributed by atoms with Crippen LogP contribution in [0, 0.1) is 11.8 Å². The van der Waals surface area contributed by atoms with Crippen LogP contribution < -0.4 is 0 Å². The molecule has 0 bridgehead atoms. The van der Waals surface area contributed by atoms with Crippen LogP contribution in [0.3, 0.4) is 0 Å². The van der Waals surface area contributed by atoms with Crippen LogP contribution in [0.15, 0.2) is 0 Å². The molecule has 0 aliphatic rings. The van der Waals surface area contributed by atoms with Gasteiger partial charge >= 0.3 is 11.9 Å². The Hall–Kier alpha value is -1.06. The average molecular weight is 511 g/mol. The van der Waals surface area contributed by atoms with Crippen molar-refractivity contribution in [2.45, 2.75) is 169 Å². The molecule has 0 N–H and O–H groups in total. The lowest BCUT2D eigenvalue weighted by molar-refractivity contribution is -0.145. The Labute approximate surface area is 225 Å². The highest BCUT2D eigenvalue weighted by Gasteiger charge is 2.15. The number of carbonyl (C=O) groups excluding carboxylic acids is 2. The van der Waals surface area contributed by atoms with Gasteiger partial charge in [0.05, 0.1) is 13.2 Å². The highest BCUT2D eigenvalue weighted by Crippen LogP contribution is 2.24. The molecule has 214 valence electrons.